The summed E-state index contributed by atoms with van der Waals surface area (Å²) in [5.74, 6) is -3.14. The molecule has 3 nitrogen and oxygen atoms in total. The van der Waals surface area contributed by atoms with Crippen LogP contribution in [0, 0.1) is 10.1 Å². The number of nitro benzene ring substituents is 1. The lowest BCUT2D eigenvalue weighted by Gasteiger charge is -2.10. The first-order valence-electron chi connectivity index (χ1n) is 3.74. The summed E-state index contributed by atoms with van der Waals surface area (Å²) in [7, 11) is 0. The van der Waals surface area contributed by atoms with Gasteiger partial charge in [-0.25, -0.2) is 0 Å². The Hall–Kier alpha value is -1.78. The number of rotatable bonds is 3. The minimum Gasteiger partial charge on any atom is -0.258 e. The van der Waals surface area contributed by atoms with E-state index in [1.165, 1.54) is 0 Å². The standard InChI is InChI=1S/C9H7F2NO2/c1-2-9(10,11)7-3-5-8(6-4-7)12(13)14/h2-6H,1H2. The summed E-state index contributed by atoms with van der Waals surface area (Å²) in [6.07, 6.45) is 0.494. The fourth-order valence-corrected chi connectivity index (χ4v) is 0.923. The lowest BCUT2D eigenvalue weighted by atomic mass is 10.1. The van der Waals surface area contributed by atoms with Crippen LogP contribution in [0.2, 0.25) is 0 Å². The van der Waals surface area contributed by atoms with Crippen molar-refractivity contribution < 1.29 is 13.7 Å². The molecule has 1 aromatic carbocycles. The fourth-order valence-electron chi connectivity index (χ4n) is 0.923. The lowest BCUT2D eigenvalue weighted by Crippen LogP contribution is -2.08. The van der Waals surface area contributed by atoms with E-state index in [1.807, 2.05) is 0 Å². The highest BCUT2D eigenvalue weighted by Crippen LogP contribution is 2.29. The van der Waals surface area contributed by atoms with Crippen molar-refractivity contribution in [3.63, 3.8) is 0 Å². The zero-order valence-electron chi connectivity index (χ0n) is 7.11. The average Bonchev–Trinajstić information content (AvgIpc) is 2.18. The molecule has 0 radical (unpaired) electrons. The van der Waals surface area contributed by atoms with Crippen LogP contribution < -0.4 is 0 Å². The van der Waals surface area contributed by atoms with Gasteiger partial charge in [0, 0.05) is 17.7 Å². The number of hydrogen-bond acceptors (Lipinski definition) is 2. The van der Waals surface area contributed by atoms with E-state index in [-0.39, 0.29) is 11.3 Å². The van der Waals surface area contributed by atoms with Gasteiger partial charge in [-0.05, 0) is 18.2 Å². The van der Waals surface area contributed by atoms with E-state index in [0.717, 1.165) is 24.3 Å². The predicted molar refractivity (Wildman–Crippen MR) is 47.2 cm³/mol. The van der Waals surface area contributed by atoms with E-state index in [2.05, 4.69) is 6.58 Å². The molecular formula is C9H7F2NO2. The molecule has 0 heterocycles. The van der Waals surface area contributed by atoms with Gasteiger partial charge in [-0.1, -0.05) is 6.58 Å². The Morgan fingerprint density at radius 2 is 1.86 bits per heavy atom. The summed E-state index contributed by atoms with van der Waals surface area (Å²) >= 11 is 0. The van der Waals surface area contributed by atoms with Gasteiger partial charge in [0.15, 0.2) is 0 Å². The average molecular weight is 199 g/mol. The van der Waals surface area contributed by atoms with Crippen LogP contribution in [0.4, 0.5) is 14.5 Å². The highest BCUT2D eigenvalue weighted by molar-refractivity contribution is 5.35. The Morgan fingerprint density at radius 3 is 2.21 bits per heavy atom. The number of nitro groups is 1. The van der Waals surface area contributed by atoms with Crippen molar-refractivity contribution in [2.24, 2.45) is 0 Å². The van der Waals surface area contributed by atoms with Crippen LogP contribution in [-0.2, 0) is 5.92 Å². The third-order valence-corrected chi connectivity index (χ3v) is 1.72. The van der Waals surface area contributed by atoms with Gasteiger partial charge in [0.25, 0.3) is 11.6 Å². The Morgan fingerprint density at radius 1 is 1.36 bits per heavy atom. The molecule has 0 bridgehead atoms. The topological polar surface area (TPSA) is 43.1 Å². The molecule has 0 aliphatic carbocycles. The van der Waals surface area contributed by atoms with Crippen molar-refractivity contribution in [1.82, 2.24) is 0 Å². The number of halogens is 2. The minimum absolute atomic E-state index is 0.214. The zero-order valence-corrected chi connectivity index (χ0v) is 7.11. The van der Waals surface area contributed by atoms with Crippen LogP contribution >= 0.6 is 0 Å². The number of non-ortho nitro benzene ring substituents is 1. The molecule has 5 heteroatoms. The van der Waals surface area contributed by atoms with Crippen LogP contribution in [0.25, 0.3) is 0 Å². The van der Waals surface area contributed by atoms with Gasteiger partial charge in [0.1, 0.15) is 0 Å². The number of allylic oxidation sites excluding steroid dienone is 1. The van der Waals surface area contributed by atoms with Gasteiger partial charge in [-0.15, -0.1) is 0 Å². The molecule has 0 fully saturated rings. The van der Waals surface area contributed by atoms with Crippen LogP contribution in [0.5, 0.6) is 0 Å². The van der Waals surface area contributed by atoms with E-state index < -0.39 is 10.8 Å². The summed E-state index contributed by atoms with van der Waals surface area (Å²) in [5, 5.41) is 10.2. The summed E-state index contributed by atoms with van der Waals surface area (Å²) < 4.78 is 25.9. The molecule has 0 unspecified atom stereocenters. The van der Waals surface area contributed by atoms with Crippen LogP contribution in [0.15, 0.2) is 36.9 Å². The van der Waals surface area contributed by atoms with Gasteiger partial charge < -0.3 is 0 Å². The summed E-state index contributed by atoms with van der Waals surface area (Å²) in [4.78, 5) is 9.59. The van der Waals surface area contributed by atoms with Gasteiger partial charge >= 0.3 is 0 Å². The highest BCUT2D eigenvalue weighted by Gasteiger charge is 2.27. The van der Waals surface area contributed by atoms with E-state index in [9.17, 15) is 18.9 Å². The predicted octanol–water partition coefficient (Wildman–Crippen LogP) is 2.87. The third-order valence-electron chi connectivity index (χ3n) is 1.72. The van der Waals surface area contributed by atoms with Crippen molar-refractivity contribution in [3.8, 4) is 0 Å². The number of hydrogen-bond donors (Lipinski definition) is 0. The lowest BCUT2D eigenvalue weighted by molar-refractivity contribution is -0.384. The van der Waals surface area contributed by atoms with E-state index in [4.69, 9.17) is 0 Å². The molecule has 0 amide bonds. The molecule has 0 atom stereocenters. The molecule has 14 heavy (non-hydrogen) atoms. The monoisotopic (exact) mass is 199 g/mol. The molecule has 74 valence electrons. The highest BCUT2D eigenvalue weighted by atomic mass is 19.3. The van der Waals surface area contributed by atoms with Crippen molar-refractivity contribution in [2.75, 3.05) is 0 Å². The SMILES string of the molecule is C=CC(F)(F)c1ccc([N+](=O)[O-])cc1. The second-order valence-corrected chi connectivity index (χ2v) is 2.63. The van der Waals surface area contributed by atoms with Gasteiger partial charge in [0.2, 0.25) is 0 Å². The molecule has 1 rings (SSSR count). The Kier molecular flexibility index (Phi) is 2.60. The maximum absolute atomic E-state index is 12.9. The van der Waals surface area contributed by atoms with Gasteiger partial charge in [-0.2, -0.15) is 8.78 Å². The maximum Gasteiger partial charge on any atom is 0.291 e. The second-order valence-electron chi connectivity index (χ2n) is 2.63. The molecular weight excluding hydrogens is 192 g/mol. The smallest absolute Gasteiger partial charge is 0.258 e. The van der Waals surface area contributed by atoms with Gasteiger partial charge in [0.05, 0.1) is 4.92 Å². The zero-order chi connectivity index (χ0) is 10.8. The molecule has 0 aliphatic heterocycles. The Labute approximate surface area is 78.8 Å². The quantitative estimate of drug-likeness (QED) is 0.426. The van der Waals surface area contributed by atoms with Crippen molar-refractivity contribution in [3.05, 3.63) is 52.6 Å². The summed E-state index contributed by atoms with van der Waals surface area (Å²) in [5.41, 5.74) is -0.522. The second kappa shape index (κ2) is 3.53. The molecule has 0 spiro atoms. The normalized spacial score (nSPS) is 11.0. The summed E-state index contributed by atoms with van der Waals surface area (Å²) in [6, 6.07) is 4.10. The van der Waals surface area contributed by atoms with Crippen LogP contribution in [0.3, 0.4) is 0 Å². The molecule has 0 N–H and O–H groups in total. The first-order valence-corrected chi connectivity index (χ1v) is 3.74. The molecule has 0 saturated carbocycles. The van der Waals surface area contributed by atoms with Crippen molar-refractivity contribution in [2.45, 2.75) is 5.92 Å². The Balaban J connectivity index is 3.05. The van der Waals surface area contributed by atoms with Gasteiger partial charge in [-0.3, -0.25) is 10.1 Å². The van der Waals surface area contributed by atoms with Crippen molar-refractivity contribution in [1.29, 1.82) is 0 Å². The van der Waals surface area contributed by atoms with E-state index >= 15 is 0 Å². The molecule has 1 aromatic rings. The maximum atomic E-state index is 12.9. The van der Waals surface area contributed by atoms with Crippen LogP contribution in [-0.4, -0.2) is 4.92 Å². The first kappa shape index (κ1) is 10.3. The number of benzene rings is 1. The van der Waals surface area contributed by atoms with Crippen molar-refractivity contribution >= 4 is 5.69 Å². The van der Waals surface area contributed by atoms with Crippen LogP contribution in [0.1, 0.15) is 5.56 Å². The first-order chi connectivity index (χ1) is 6.47. The molecule has 0 aliphatic rings. The molecule has 0 saturated heterocycles. The van der Waals surface area contributed by atoms with E-state index in [1.54, 1.807) is 0 Å². The summed E-state index contributed by atoms with van der Waals surface area (Å²) in [6.45, 7) is 2.98. The number of nitrogens with zero attached hydrogens (tertiary/aromatic N) is 1. The molecule has 0 aromatic heterocycles. The minimum atomic E-state index is -3.14. The fraction of sp³-hybridized carbons (Fsp3) is 0.111. The Bertz CT molecular complexity index is 360. The number of alkyl halides is 2. The largest absolute Gasteiger partial charge is 0.291 e. The third kappa shape index (κ3) is 1.93. The van der Waals surface area contributed by atoms with E-state index in [0.29, 0.717) is 6.08 Å².